The van der Waals surface area contributed by atoms with E-state index in [1.54, 1.807) is 6.92 Å². The van der Waals surface area contributed by atoms with Crippen molar-refractivity contribution in [2.75, 3.05) is 31.3 Å². The monoisotopic (exact) mass is 470 g/mol. The highest BCUT2D eigenvalue weighted by Crippen LogP contribution is 2.36. The third-order valence-corrected chi connectivity index (χ3v) is 3.73. The largest absolute Gasteiger partial charge is 0.505 e. The SMILES string of the molecule is CCOCCOc1cc([N+](=O)[O-])cc([N+](=O)[O-])c1N.Nc1c(O)cc([N+](=O)[O-])cc1[N+](=O)[O-]. The summed E-state index contributed by atoms with van der Waals surface area (Å²) in [6.45, 7) is 2.64. The summed E-state index contributed by atoms with van der Waals surface area (Å²) in [5, 5.41) is 51.1. The maximum absolute atomic E-state index is 10.7. The van der Waals surface area contributed by atoms with Gasteiger partial charge in [0.1, 0.15) is 6.61 Å². The number of anilines is 2. The van der Waals surface area contributed by atoms with Crippen molar-refractivity contribution < 1.29 is 34.3 Å². The zero-order valence-electron chi connectivity index (χ0n) is 16.9. The minimum Gasteiger partial charge on any atom is -0.505 e. The summed E-state index contributed by atoms with van der Waals surface area (Å²) in [7, 11) is 0. The van der Waals surface area contributed by atoms with Crippen LogP contribution in [0.25, 0.3) is 0 Å². The van der Waals surface area contributed by atoms with Gasteiger partial charge in [0.2, 0.25) is 0 Å². The number of nitro benzene ring substituents is 4. The maximum Gasteiger partial charge on any atom is 0.302 e. The summed E-state index contributed by atoms with van der Waals surface area (Å²) in [5.74, 6) is -0.772. The molecule has 2 aromatic rings. The van der Waals surface area contributed by atoms with Crippen LogP contribution in [0, 0.1) is 40.5 Å². The number of ether oxygens (including phenoxy) is 2. The molecule has 0 aliphatic carbocycles. The molecule has 0 atom stereocenters. The predicted octanol–water partition coefficient (Wildman–Crippen LogP) is 2.29. The third kappa shape index (κ3) is 7.14. The van der Waals surface area contributed by atoms with Crippen LogP contribution in [-0.2, 0) is 4.74 Å². The molecule has 2 rings (SSSR count). The first-order valence-electron chi connectivity index (χ1n) is 8.74. The molecule has 0 spiro atoms. The van der Waals surface area contributed by atoms with Crippen molar-refractivity contribution >= 4 is 34.1 Å². The number of nitro groups is 4. The number of aromatic hydroxyl groups is 1. The Balaban J connectivity index is 0.000000346. The van der Waals surface area contributed by atoms with Gasteiger partial charge >= 0.3 is 11.4 Å². The number of hydrogen-bond donors (Lipinski definition) is 3. The smallest absolute Gasteiger partial charge is 0.302 e. The summed E-state index contributed by atoms with van der Waals surface area (Å²) in [5.41, 5.74) is 7.68. The second kappa shape index (κ2) is 11.6. The minimum atomic E-state index is -0.901. The van der Waals surface area contributed by atoms with E-state index in [0.29, 0.717) is 12.7 Å². The molecule has 33 heavy (non-hydrogen) atoms. The summed E-state index contributed by atoms with van der Waals surface area (Å²) in [6, 6.07) is 3.29. The highest BCUT2D eigenvalue weighted by Gasteiger charge is 2.23. The van der Waals surface area contributed by atoms with E-state index in [0.717, 1.165) is 18.2 Å². The highest BCUT2D eigenvalue weighted by atomic mass is 16.6. The van der Waals surface area contributed by atoms with Crippen molar-refractivity contribution in [3.05, 3.63) is 64.7 Å². The Morgan fingerprint density at radius 1 is 0.788 bits per heavy atom. The molecule has 0 fully saturated rings. The van der Waals surface area contributed by atoms with Crippen LogP contribution in [0.1, 0.15) is 6.92 Å². The summed E-state index contributed by atoms with van der Waals surface area (Å²) in [4.78, 5) is 38.7. The van der Waals surface area contributed by atoms with Gasteiger partial charge in [-0.05, 0) is 6.92 Å². The average molecular weight is 470 g/mol. The van der Waals surface area contributed by atoms with Crippen molar-refractivity contribution in [2.24, 2.45) is 0 Å². The quantitative estimate of drug-likeness (QED) is 0.156. The standard InChI is InChI=1S/C10H13N3O6.C6H5N3O5/c1-2-18-3-4-19-9-6-7(12(14)15)5-8(10(9)11)13(16)17;7-6-4(9(13)14)1-3(8(11)12)2-5(6)10/h5-6H,2-4,11H2,1H3;1-2,10H,7H2. The highest BCUT2D eigenvalue weighted by molar-refractivity contribution is 5.71. The first kappa shape index (κ1) is 26.2. The van der Waals surface area contributed by atoms with Crippen molar-refractivity contribution in [1.29, 1.82) is 0 Å². The zero-order valence-corrected chi connectivity index (χ0v) is 16.9. The van der Waals surface area contributed by atoms with Crippen molar-refractivity contribution in [2.45, 2.75) is 6.92 Å². The maximum atomic E-state index is 10.7. The van der Waals surface area contributed by atoms with Gasteiger partial charge in [0.25, 0.3) is 11.4 Å². The molecule has 0 aliphatic rings. The molecule has 0 saturated carbocycles. The van der Waals surface area contributed by atoms with Crippen LogP contribution < -0.4 is 16.2 Å². The van der Waals surface area contributed by atoms with Gasteiger partial charge in [-0.2, -0.15) is 0 Å². The number of nitrogens with zero attached hydrogens (tertiary/aromatic N) is 4. The van der Waals surface area contributed by atoms with Crippen LogP contribution >= 0.6 is 0 Å². The minimum absolute atomic E-state index is 0.0936. The molecule has 0 unspecified atom stereocenters. The number of benzene rings is 2. The van der Waals surface area contributed by atoms with Crippen molar-refractivity contribution in [3.63, 3.8) is 0 Å². The molecule has 17 heteroatoms. The number of nitrogens with two attached hydrogens (primary N) is 2. The topological polar surface area (TPSA) is 263 Å². The van der Waals surface area contributed by atoms with E-state index in [1.807, 2.05) is 0 Å². The van der Waals surface area contributed by atoms with E-state index >= 15 is 0 Å². The first-order chi connectivity index (χ1) is 15.4. The Kier molecular flexibility index (Phi) is 9.19. The van der Waals surface area contributed by atoms with Gasteiger partial charge in [-0.3, -0.25) is 40.5 Å². The van der Waals surface area contributed by atoms with Crippen LogP contribution in [0.5, 0.6) is 11.5 Å². The van der Waals surface area contributed by atoms with Crippen LogP contribution in [0.4, 0.5) is 34.1 Å². The number of non-ortho nitro benzene ring substituents is 2. The van der Waals surface area contributed by atoms with E-state index in [-0.39, 0.29) is 24.7 Å². The van der Waals surface area contributed by atoms with E-state index in [2.05, 4.69) is 0 Å². The molecule has 0 amide bonds. The predicted molar refractivity (Wildman–Crippen MR) is 112 cm³/mol. The van der Waals surface area contributed by atoms with Gasteiger partial charge in [0.15, 0.2) is 22.9 Å². The number of phenolic OH excluding ortho intramolecular Hbond substituents is 1. The van der Waals surface area contributed by atoms with Gasteiger partial charge in [0.05, 0.1) is 50.6 Å². The molecule has 0 radical (unpaired) electrons. The summed E-state index contributed by atoms with van der Waals surface area (Å²) < 4.78 is 10.2. The fraction of sp³-hybridized carbons (Fsp3) is 0.250. The van der Waals surface area contributed by atoms with E-state index in [4.69, 9.17) is 26.0 Å². The number of nitrogen functional groups attached to an aromatic ring is 2. The molecular formula is C16H18N6O11. The summed E-state index contributed by atoms with van der Waals surface area (Å²) in [6.07, 6.45) is 0. The normalized spacial score (nSPS) is 9.97. The number of hydrogen-bond acceptors (Lipinski definition) is 13. The number of rotatable bonds is 9. The van der Waals surface area contributed by atoms with E-state index < -0.39 is 53.9 Å². The van der Waals surface area contributed by atoms with Gasteiger partial charge in [-0.15, -0.1) is 0 Å². The van der Waals surface area contributed by atoms with Gasteiger partial charge in [-0.25, -0.2) is 0 Å². The molecule has 2 aromatic carbocycles. The van der Waals surface area contributed by atoms with Gasteiger partial charge in [0, 0.05) is 6.61 Å². The Hall–Kier alpha value is -4.80. The lowest BCUT2D eigenvalue weighted by atomic mass is 10.2. The number of phenols is 1. The molecule has 0 aliphatic heterocycles. The molecule has 178 valence electrons. The van der Waals surface area contributed by atoms with Crippen LogP contribution in [0.3, 0.4) is 0 Å². The Bertz CT molecular complexity index is 1080. The van der Waals surface area contributed by atoms with Gasteiger partial charge < -0.3 is 26.0 Å². The lowest BCUT2D eigenvalue weighted by Crippen LogP contribution is -2.09. The fourth-order valence-electron chi connectivity index (χ4n) is 2.19. The molecule has 0 heterocycles. The van der Waals surface area contributed by atoms with E-state index in [9.17, 15) is 40.5 Å². The fourth-order valence-corrected chi connectivity index (χ4v) is 2.19. The molecule has 5 N–H and O–H groups in total. The molecule has 0 bridgehead atoms. The molecular weight excluding hydrogens is 452 g/mol. The lowest BCUT2D eigenvalue weighted by molar-refractivity contribution is -0.394. The van der Waals surface area contributed by atoms with E-state index in [1.165, 1.54) is 0 Å². The molecule has 0 aromatic heterocycles. The Morgan fingerprint density at radius 2 is 1.27 bits per heavy atom. The molecule has 17 nitrogen and oxygen atoms in total. The summed E-state index contributed by atoms with van der Waals surface area (Å²) >= 11 is 0. The Labute approximate surface area is 183 Å². The van der Waals surface area contributed by atoms with Crippen LogP contribution in [0.2, 0.25) is 0 Å². The van der Waals surface area contributed by atoms with Crippen molar-refractivity contribution in [3.8, 4) is 11.5 Å². The van der Waals surface area contributed by atoms with Gasteiger partial charge in [-0.1, -0.05) is 0 Å². The molecule has 0 saturated heterocycles. The van der Waals surface area contributed by atoms with Crippen LogP contribution in [-0.4, -0.2) is 44.6 Å². The second-order valence-corrected chi connectivity index (χ2v) is 5.85. The Morgan fingerprint density at radius 3 is 1.73 bits per heavy atom. The third-order valence-electron chi connectivity index (χ3n) is 3.73. The lowest BCUT2D eigenvalue weighted by Gasteiger charge is -2.08. The van der Waals surface area contributed by atoms with Crippen molar-refractivity contribution in [1.82, 2.24) is 0 Å². The van der Waals surface area contributed by atoms with Crippen LogP contribution in [0.15, 0.2) is 24.3 Å². The zero-order chi connectivity index (χ0) is 25.3. The average Bonchev–Trinajstić information content (AvgIpc) is 2.73. The first-order valence-corrected chi connectivity index (χ1v) is 8.74. The second-order valence-electron chi connectivity index (χ2n) is 5.85.